The number of nitrogens with zero attached hydrogens (tertiary/aromatic N) is 3. The molecule has 3 aliphatic rings. The number of aromatic nitrogens is 3. The number of rotatable bonds is 7. The van der Waals surface area contributed by atoms with Crippen LogP contribution in [0.25, 0.3) is 0 Å². The van der Waals surface area contributed by atoms with Crippen molar-refractivity contribution in [2.75, 3.05) is 33.4 Å². The molecule has 0 radical (unpaired) electrons. The van der Waals surface area contributed by atoms with Crippen molar-refractivity contribution in [1.82, 2.24) is 20.3 Å². The Bertz CT molecular complexity index is 602. The lowest BCUT2D eigenvalue weighted by molar-refractivity contribution is -0.945. The first-order valence-corrected chi connectivity index (χ1v) is 8.60. The van der Waals surface area contributed by atoms with Gasteiger partial charge in [-0.15, -0.1) is 5.10 Å². The SMILES string of the molecule is COCCNC(=O)[C@H]1C[NH+]2CC[C@@H]1C[C@@H]2Cn1cc(C(C)=O)nn1. The van der Waals surface area contributed by atoms with Crippen LogP contribution in [0.1, 0.15) is 30.3 Å². The summed E-state index contributed by atoms with van der Waals surface area (Å²) < 4.78 is 6.75. The van der Waals surface area contributed by atoms with Crippen LogP contribution in [-0.4, -0.2) is 66.1 Å². The van der Waals surface area contributed by atoms with E-state index in [4.69, 9.17) is 4.74 Å². The predicted molar refractivity (Wildman–Crippen MR) is 85.6 cm³/mol. The molecule has 4 atom stereocenters. The fraction of sp³-hybridized carbons (Fsp3) is 0.750. The maximum atomic E-state index is 12.4. The van der Waals surface area contributed by atoms with E-state index in [1.165, 1.54) is 11.8 Å². The lowest BCUT2D eigenvalue weighted by Crippen LogP contribution is -3.20. The van der Waals surface area contributed by atoms with E-state index in [0.29, 0.717) is 30.8 Å². The maximum Gasteiger partial charge on any atom is 0.229 e. The zero-order valence-electron chi connectivity index (χ0n) is 14.3. The monoisotopic (exact) mass is 336 g/mol. The van der Waals surface area contributed by atoms with Crippen molar-refractivity contribution >= 4 is 11.7 Å². The number of hydrogen-bond acceptors (Lipinski definition) is 5. The number of fused-ring (bicyclic) bond motifs is 3. The third-order valence-electron chi connectivity index (χ3n) is 5.30. The number of carbonyl (C=O) groups excluding carboxylic acids is 2. The molecular weight excluding hydrogens is 310 g/mol. The summed E-state index contributed by atoms with van der Waals surface area (Å²) in [6.07, 6.45) is 3.84. The summed E-state index contributed by atoms with van der Waals surface area (Å²) in [7, 11) is 1.64. The molecule has 0 aromatic carbocycles. The number of piperidine rings is 3. The minimum atomic E-state index is -0.0631. The van der Waals surface area contributed by atoms with Gasteiger partial charge in [-0.2, -0.15) is 0 Å². The standard InChI is InChI=1S/C16H25N5O3/c1-11(22)15-10-21(19-18-15)8-13-7-12-3-5-20(13)9-14(12)16(23)17-4-6-24-2/h10,12-14H,3-9H2,1-2H3,(H,17,23)/p+1/t12-,13-,14+/m1/s1. The van der Waals surface area contributed by atoms with Crippen molar-refractivity contribution in [3.63, 3.8) is 0 Å². The quantitative estimate of drug-likeness (QED) is 0.469. The summed E-state index contributed by atoms with van der Waals surface area (Å²) in [6.45, 7) is 5.35. The van der Waals surface area contributed by atoms with Crippen LogP contribution in [0.2, 0.25) is 0 Å². The highest BCUT2D eigenvalue weighted by Gasteiger charge is 2.46. The average molecular weight is 336 g/mol. The molecule has 1 aromatic heterocycles. The van der Waals surface area contributed by atoms with E-state index >= 15 is 0 Å². The molecule has 24 heavy (non-hydrogen) atoms. The van der Waals surface area contributed by atoms with Crippen LogP contribution in [0.3, 0.4) is 0 Å². The Labute approximate surface area is 141 Å². The van der Waals surface area contributed by atoms with Crippen LogP contribution in [0.15, 0.2) is 6.20 Å². The molecule has 3 saturated heterocycles. The van der Waals surface area contributed by atoms with Crippen molar-refractivity contribution in [1.29, 1.82) is 0 Å². The van der Waals surface area contributed by atoms with Crippen molar-refractivity contribution < 1.29 is 19.2 Å². The van der Waals surface area contributed by atoms with E-state index in [2.05, 4.69) is 15.6 Å². The number of quaternary nitrogens is 1. The van der Waals surface area contributed by atoms with Crippen molar-refractivity contribution in [2.24, 2.45) is 11.8 Å². The van der Waals surface area contributed by atoms with Gasteiger partial charge in [-0.3, -0.25) is 9.59 Å². The van der Waals surface area contributed by atoms with Crippen LogP contribution < -0.4 is 10.2 Å². The first-order chi connectivity index (χ1) is 11.6. The molecule has 0 saturated carbocycles. The van der Waals surface area contributed by atoms with Gasteiger partial charge in [0.1, 0.15) is 11.7 Å². The third-order valence-corrected chi connectivity index (χ3v) is 5.30. The summed E-state index contributed by atoms with van der Waals surface area (Å²) in [5.74, 6) is 0.635. The topological polar surface area (TPSA) is 90.5 Å². The molecule has 0 spiro atoms. The summed E-state index contributed by atoms with van der Waals surface area (Å²) in [5.41, 5.74) is 0.413. The highest BCUT2D eigenvalue weighted by Crippen LogP contribution is 2.27. The number of ether oxygens (including phenoxy) is 1. The molecule has 3 fully saturated rings. The Kier molecular flexibility index (Phi) is 5.25. The zero-order valence-corrected chi connectivity index (χ0v) is 14.3. The second kappa shape index (κ2) is 7.40. The van der Waals surface area contributed by atoms with Gasteiger partial charge in [0.05, 0.1) is 38.4 Å². The molecule has 4 heterocycles. The fourth-order valence-corrected chi connectivity index (χ4v) is 4.00. The van der Waals surface area contributed by atoms with Gasteiger partial charge in [-0.05, 0) is 5.92 Å². The number of nitrogens with one attached hydrogen (secondary N) is 2. The summed E-state index contributed by atoms with van der Waals surface area (Å²) in [6, 6.07) is 0.438. The Balaban J connectivity index is 1.56. The zero-order chi connectivity index (χ0) is 17.1. The molecule has 132 valence electrons. The maximum absolute atomic E-state index is 12.4. The van der Waals surface area contributed by atoms with Crippen molar-refractivity contribution in [3.8, 4) is 0 Å². The Morgan fingerprint density at radius 2 is 2.33 bits per heavy atom. The highest BCUT2D eigenvalue weighted by molar-refractivity contribution is 5.91. The van der Waals surface area contributed by atoms with Gasteiger partial charge in [0, 0.05) is 33.4 Å². The summed E-state index contributed by atoms with van der Waals surface area (Å²) >= 11 is 0. The minimum absolute atomic E-state index is 0.0631. The number of Topliss-reactive ketones (excluding diaryl/α,β-unsaturated/α-hetero) is 1. The van der Waals surface area contributed by atoms with E-state index in [-0.39, 0.29) is 17.6 Å². The first kappa shape index (κ1) is 17.0. The van der Waals surface area contributed by atoms with Crippen molar-refractivity contribution in [3.05, 3.63) is 11.9 Å². The molecule has 4 rings (SSSR count). The molecule has 0 aliphatic carbocycles. The van der Waals surface area contributed by atoms with E-state index < -0.39 is 0 Å². The minimum Gasteiger partial charge on any atom is -0.383 e. The van der Waals surface area contributed by atoms with Gasteiger partial charge in [-0.1, -0.05) is 5.21 Å². The van der Waals surface area contributed by atoms with Gasteiger partial charge in [0.2, 0.25) is 5.91 Å². The lowest BCUT2D eigenvalue weighted by atomic mass is 9.75. The summed E-state index contributed by atoms with van der Waals surface area (Å²) in [5, 5.41) is 10.9. The van der Waals surface area contributed by atoms with Crippen LogP contribution in [0, 0.1) is 11.8 Å². The largest absolute Gasteiger partial charge is 0.383 e. The molecule has 2 N–H and O–H groups in total. The number of methoxy groups -OCH3 is 1. The third kappa shape index (κ3) is 3.64. The second-order valence-electron chi connectivity index (χ2n) is 6.87. The van der Waals surface area contributed by atoms with E-state index in [9.17, 15) is 9.59 Å². The summed E-state index contributed by atoms with van der Waals surface area (Å²) in [4.78, 5) is 25.2. The normalized spacial score (nSPS) is 28.8. The van der Waals surface area contributed by atoms with Crippen LogP contribution >= 0.6 is 0 Å². The van der Waals surface area contributed by atoms with Crippen LogP contribution in [0.4, 0.5) is 0 Å². The van der Waals surface area contributed by atoms with Gasteiger partial charge in [-0.25, -0.2) is 4.68 Å². The van der Waals surface area contributed by atoms with E-state index in [1.54, 1.807) is 18.0 Å². The molecule has 1 amide bonds. The molecule has 1 unspecified atom stereocenters. The lowest BCUT2D eigenvalue weighted by Gasteiger charge is -2.46. The number of amides is 1. The highest BCUT2D eigenvalue weighted by atomic mass is 16.5. The predicted octanol–water partition coefficient (Wildman–Crippen LogP) is -1.46. The Hall–Kier alpha value is -1.80. The molecule has 2 bridgehead atoms. The number of hydrogen-bond donors (Lipinski definition) is 2. The average Bonchev–Trinajstić information content (AvgIpc) is 3.04. The molecule has 8 nitrogen and oxygen atoms in total. The van der Waals surface area contributed by atoms with E-state index in [1.807, 2.05) is 0 Å². The Morgan fingerprint density at radius 3 is 2.96 bits per heavy atom. The molecule has 1 aromatic rings. The first-order valence-electron chi connectivity index (χ1n) is 8.60. The van der Waals surface area contributed by atoms with Crippen LogP contribution in [-0.2, 0) is 16.1 Å². The molecular formula is C16H26N5O3+. The van der Waals surface area contributed by atoms with Crippen molar-refractivity contribution in [2.45, 2.75) is 32.4 Å². The smallest absolute Gasteiger partial charge is 0.229 e. The van der Waals surface area contributed by atoms with Gasteiger partial charge in [0.15, 0.2) is 5.78 Å². The van der Waals surface area contributed by atoms with Gasteiger partial charge < -0.3 is 15.0 Å². The number of carbonyl (C=O) groups is 2. The number of ketones is 1. The fourth-order valence-electron chi connectivity index (χ4n) is 4.00. The molecule has 3 aliphatic heterocycles. The Morgan fingerprint density at radius 1 is 1.50 bits per heavy atom. The van der Waals surface area contributed by atoms with Gasteiger partial charge >= 0.3 is 0 Å². The molecule has 8 heteroatoms. The van der Waals surface area contributed by atoms with Gasteiger partial charge in [0.25, 0.3) is 0 Å². The second-order valence-corrected chi connectivity index (χ2v) is 6.87. The van der Waals surface area contributed by atoms with Crippen LogP contribution in [0.5, 0.6) is 0 Å². The van der Waals surface area contributed by atoms with E-state index in [0.717, 1.165) is 32.5 Å².